The molecule has 22 heavy (non-hydrogen) atoms. The van der Waals surface area contributed by atoms with E-state index >= 15 is 0 Å². The summed E-state index contributed by atoms with van der Waals surface area (Å²) < 4.78 is 5.47. The van der Waals surface area contributed by atoms with Gasteiger partial charge in [-0.15, -0.1) is 0 Å². The van der Waals surface area contributed by atoms with Crippen LogP contribution in [0.15, 0.2) is 42.0 Å². The maximum atomic E-state index is 5.47. The molecule has 0 spiro atoms. The van der Waals surface area contributed by atoms with Crippen molar-refractivity contribution in [3.8, 4) is 11.8 Å². The highest BCUT2D eigenvalue weighted by molar-refractivity contribution is 5.43. The van der Waals surface area contributed by atoms with Crippen LogP contribution in [0.1, 0.15) is 57.9 Å². The van der Waals surface area contributed by atoms with E-state index in [2.05, 4.69) is 37.0 Å². The Balaban J connectivity index is 2.16. The van der Waals surface area contributed by atoms with Crippen molar-refractivity contribution in [1.29, 1.82) is 0 Å². The summed E-state index contributed by atoms with van der Waals surface area (Å²) in [6.45, 7) is 6.01. The molecule has 0 amide bonds. The van der Waals surface area contributed by atoms with Gasteiger partial charge in [0.25, 0.3) is 0 Å². The van der Waals surface area contributed by atoms with Gasteiger partial charge in [-0.25, -0.2) is 0 Å². The Morgan fingerprint density at radius 1 is 1.18 bits per heavy atom. The first-order chi connectivity index (χ1) is 10.7. The van der Waals surface area contributed by atoms with Gasteiger partial charge in [-0.05, 0) is 38.3 Å². The molecule has 1 aromatic rings. The van der Waals surface area contributed by atoms with E-state index in [1.54, 1.807) is 0 Å². The van der Waals surface area contributed by atoms with Crippen LogP contribution >= 0.6 is 0 Å². The van der Waals surface area contributed by atoms with Gasteiger partial charge in [0.05, 0.1) is 6.61 Å². The molecule has 0 saturated heterocycles. The molecule has 0 radical (unpaired) electrons. The first-order valence-corrected chi connectivity index (χ1v) is 8.60. The van der Waals surface area contributed by atoms with Crippen molar-refractivity contribution in [2.24, 2.45) is 5.41 Å². The van der Waals surface area contributed by atoms with E-state index in [-0.39, 0.29) is 5.41 Å². The van der Waals surface area contributed by atoms with Crippen molar-refractivity contribution in [3.63, 3.8) is 0 Å². The highest BCUT2D eigenvalue weighted by atomic mass is 16.5. The minimum absolute atomic E-state index is 0.256. The summed E-state index contributed by atoms with van der Waals surface area (Å²) in [5.74, 6) is 6.83. The zero-order valence-electron chi connectivity index (χ0n) is 14.0. The maximum absolute atomic E-state index is 5.47. The van der Waals surface area contributed by atoms with Crippen LogP contribution in [0.3, 0.4) is 0 Å². The lowest BCUT2D eigenvalue weighted by molar-refractivity contribution is 0.152. The fraction of sp³-hybridized carbons (Fsp3) is 0.524. The molecule has 0 N–H and O–H groups in total. The van der Waals surface area contributed by atoms with Crippen molar-refractivity contribution < 1.29 is 4.74 Å². The van der Waals surface area contributed by atoms with E-state index in [1.807, 2.05) is 25.1 Å². The van der Waals surface area contributed by atoms with Gasteiger partial charge in [0.15, 0.2) is 0 Å². The average Bonchev–Trinajstić information content (AvgIpc) is 2.55. The van der Waals surface area contributed by atoms with Crippen LogP contribution in [0.2, 0.25) is 0 Å². The van der Waals surface area contributed by atoms with Crippen molar-refractivity contribution in [1.82, 2.24) is 0 Å². The predicted octanol–water partition coefficient (Wildman–Crippen LogP) is 5.36. The largest absolute Gasteiger partial charge is 0.381 e. The molecule has 0 atom stereocenters. The molecule has 0 aromatic heterocycles. The average molecular weight is 296 g/mol. The van der Waals surface area contributed by atoms with Crippen molar-refractivity contribution in [2.45, 2.75) is 52.4 Å². The lowest BCUT2D eigenvalue weighted by atomic mass is 9.70. The fourth-order valence-corrected chi connectivity index (χ4v) is 3.14. The summed E-state index contributed by atoms with van der Waals surface area (Å²) in [5.41, 5.74) is 2.67. The SMILES string of the molecule is CCOCC/C=C(\C#Cc1ccccc1)C1(C)CCCCC1. The number of rotatable bonds is 5. The van der Waals surface area contributed by atoms with Gasteiger partial charge in [-0.1, -0.05) is 62.3 Å². The summed E-state index contributed by atoms with van der Waals surface area (Å²) >= 11 is 0. The van der Waals surface area contributed by atoms with Gasteiger partial charge >= 0.3 is 0 Å². The van der Waals surface area contributed by atoms with Gasteiger partial charge < -0.3 is 4.74 Å². The van der Waals surface area contributed by atoms with E-state index in [0.717, 1.165) is 25.2 Å². The summed E-state index contributed by atoms with van der Waals surface area (Å²) in [6, 6.07) is 10.3. The van der Waals surface area contributed by atoms with Crippen LogP contribution in [0.4, 0.5) is 0 Å². The Bertz CT molecular complexity index is 524. The first kappa shape index (κ1) is 16.8. The lowest BCUT2D eigenvalue weighted by Crippen LogP contribution is -2.22. The first-order valence-electron chi connectivity index (χ1n) is 8.60. The van der Waals surface area contributed by atoms with Crippen LogP contribution in [0.5, 0.6) is 0 Å². The molecular weight excluding hydrogens is 268 g/mol. The molecule has 1 fully saturated rings. The summed E-state index contributed by atoms with van der Waals surface area (Å²) in [6.07, 6.45) is 9.82. The molecule has 1 heteroatoms. The highest BCUT2D eigenvalue weighted by Gasteiger charge is 2.29. The number of ether oxygens (including phenoxy) is 1. The minimum atomic E-state index is 0.256. The van der Waals surface area contributed by atoms with Crippen LogP contribution in [0, 0.1) is 17.3 Å². The van der Waals surface area contributed by atoms with E-state index in [4.69, 9.17) is 4.74 Å². The molecule has 118 valence electrons. The number of allylic oxidation sites excluding steroid dienone is 1. The van der Waals surface area contributed by atoms with E-state index in [9.17, 15) is 0 Å². The lowest BCUT2D eigenvalue weighted by Gasteiger charge is -2.34. The summed E-state index contributed by atoms with van der Waals surface area (Å²) in [5, 5.41) is 0. The van der Waals surface area contributed by atoms with Gasteiger partial charge in [0, 0.05) is 23.2 Å². The van der Waals surface area contributed by atoms with E-state index < -0.39 is 0 Å². The number of hydrogen-bond acceptors (Lipinski definition) is 1. The molecule has 1 aromatic carbocycles. The van der Waals surface area contributed by atoms with Crippen molar-refractivity contribution >= 4 is 0 Å². The van der Waals surface area contributed by atoms with Gasteiger partial charge in [0.1, 0.15) is 0 Å². The molecule has 1 aliphatic carbocycles. The Hall–Kier alpha value is -1.52. The molecule has 1 saturated carbocycles. The van der Waals surface area contributed by atoms with Gasteiger partial charge in [0.2, 0.25) is 0 Å². The number of hydrogen-bond donors (Lipinski definition) is 0. The third-order valence-corrected chi connectivity index (χ3v) is 4.54. The highest BCUT2D eigenvalue weighted by Crippen LogP contribution is 2.41. The molecule has 1 aliphatic rings. The molecule has 0 aliphatic heterocycles. The standard InChI is InChI=1S/C21H28O/c1-3-22-18-10-13-20(21(2)16-8-5-9-17-21)15-14-19-11-6-4-7-12-19/h4,6-7,11-13H,3,5,8-10,16-18H2,1-2H3/b20-13+. The third kappa shape index (κ3) is 5.04. The quantitative estimate of drug-likeness (QED) is 0.525. The van der Waals surface area contributed by atoms with Crippen LogP contribution in [-0.4, -0.2) is 13.2 Å². The minimum Gasteiger partial charge on any atom is -0.381 e. The predicted molar refractivity (Wildman–Crippen MR) is 93.7 cm³/mol. The third-order valence-electron chi connectivity index (χ3n) is 4.54. The number of benzene rings is 1. The second-order valence-electron chi connectivity index (χ2n) is 6.34. The topological polar surface area (TPSA) is 9.23 Å². The van der Waals surface area contributed by atoms with E-state index in [0.29, 0.717) is 0 Å². The zero-order chi connectivity index (χ0) is 15.7. The molecule has 0 heterocycles. The normalized spacial score (nSPS) is 17.6. The Kier molecular flexibility index (Phi) is 6.74. The molecule has 0 unspecified atom stereocenters. The fourth-order valence-electron chi connectivity index (χ4n) is 3.14. The van der Waals surface area contributed by atoms with Crippen LogP contribution in [0.25, 0.3) is 0 Å². The zero-order valence-corrected chi connectivity index (χ0v) is 14.0. The maximum Gasteiger partial charge on any atom is 0.0500 e. The molecule has 0 bridgehead atoms. The van der Waals surface area contributed by atoms with Gasteiger partial charge in [-0.2, -0.15) is 0 Å². The molecular formula is C21H28O. The van der Waals surface area contributed by atoms with Crippen LogP contribution < -0.4 is 0 Å². The monoisotopic (exact) mass is 296 g/mol. The molecule has 2 rings (SSSR count). The Morgan fingerprint density at radius 2 is 1.91 bits per heavy atom. The Morgan fingerprint density at radius 3 is 2.59 bits per heavy atom. The summed E-state index contributed by atoms with van der Waals surface area (Å²) in [4.78, 5) is 0. The van der Waals surface area contributed by atoms with Gasteiger partial charge in [-0.3, -0.25) is 0 Å². The van der Waals surface area contributed by atoms with E-state index in [1.165, 1.54) is 37.7 Å². The molecule has 1 nitrogen and oxygen atoms in total. The second-order valence-corrected chi connectivity index (χ2v) is 6.34. The van der Waals surface area contributed by atoms with Crippen molar-refractivity contribution in [3.05, 3.63) is 47.5 Å². The second kappa shape index (κ2) is 8.81. The summed E-state index contributed by atoms with van der Waals surface area (Å²) in [7, 11) is 0. The smallest absolute Gasteiger partial charge is 0.0500 e. The van der Waals surface area contributed by atoms with Crippen LogP contribution in [-0.2, 0) is 4.74 Å². The Labute approximate surface area is 135 Å². The van der Waals surface area contributed by atoms with Crippen molar-refractivity contribution in [2.75, 3.05) is 13.2 Å².